The van der Waals surface area contributed by atoms with E-state index in [1.807, 2.05) is 26.4 Å². The van der Waals surface area contributed by atoms with Gasteiger partial charge in [-0.15, -0.1) is 11.8 Å². The molecule has 2 rings (SSSR count). The van der Waals surface area contributed by atoms with Crippen LogP contribution in [0, 0.1) is 6.92 Å². The Labute approximate surface area is 127 Å². The third-order valence-electron chi connectivity index (χ3n) is 3.02. The number of thioether (sulfide) groups is 1. The van der Waals surface area contributed by atoms with Crippen molar-refractivity contribution in [2.75, 3.05) is 5.75 Å². The molecular weight excluding hydrogens is 288 g/mol. The zero-order valence-corrected chi connectivity index (χ0v) is 13.1. The van der Waals surface area contributed by atoms with Crippen molar-refractivity contribution in [3.05, 3.63) is 35.0 Å². The second-order valence-corrected chi connectivity index (χ2v) is 5.77. The number of aromatic carboxylic acids is 1. The van der Waals surface area contributed by atoms with Crippen LogP contribution < -0.4 is 0 Å². The molecule has 0 saturated carbocycles. The molecule has 0 atom stereocenters. The van der Waals surface area contributed by atoms with Crippen LogP contribution in [-0.4, -0.2) is 36.6 Å². The highest BCUT2D eigenvalue weighted by atomic mass is 32.2. The lowest BCUT2D eigenvalue weighted by molar-refractivity contribution is 0.0690. The minimum absolute atomic E-state index is 0.211. The van der Waals surface area contributed by atoms with E-state index in [9.17, 15) is 9.90 Å². The topological polar surface area (TPSA) is 80.9 Å². The number of carboxylic acids is 1. The molecule has 6 nitrogen and oxygen atoms in total. The van der Waals surface area contributed by atoms with Crippen molar-refractivity contribution in [1.29, 1.82) is 0 Å². The molecule has 21 heavy (non-hydrogen) atoms. The first-order chi connectivity index (χ1) is 10.0. The fraction of sp³-hybridized carbons (Fsp3) is 0.429. The molecule has 0 aliphatic rings. The average molecular weight is 306 g/mol. The summed E-state index contributed by atoms with van der Waals surface area (Å²) < 4.78 is 1.76. The smallest absolute Gasteiger partial charge is 0.340 e. The summed E-state index contributed by atoms with van der Waals surface area (Å²) in [5.41, 5.74) is 1.87. The molecule has 112 valence electrons. The van der Waals surface area contributed by atoms with Crippen LogP contribution in [0.1, 0.15) is 34.4 Å². The number of carbonyl (C=O) groups is 1. The van der Waals surface area contributed by atoms with Crippen LogP contribution in [0.4, 0.5) is 0 Å². The summed E-state index contributed by atoms with van der Waals surface area (Å²) in [5, 5.41) is 14.0. The van der Waals surface area contributed by atoms with Gasteiger partial charge in [-0.3, -0.25) is 4.68 Å². The lowest BCUT2D eigenvalue weighted by Gasteiger charge is -2.09. The van der Waals surface area contributed by atoms with Crippen LogP contribution in [0.3, 0.4) is 0 Å². The highest BCUT2D eigenvalue weighted by molar-refractivity contribution is 7.99. The Bertz CT molecular complexity index is 654. The number of aromatic nitrogens is 4. The van der Waals surface area contributed by atoms with Gasteiger partial charge >= 0.3 is 5.97 Å². The Balaban J connectivity index is 2.14. The van der Waals surface area contributed by atoms with Gasteiger partial charge in [-0.1, -0.05) is 6.92 Å². The number of hydrogen-bond acceptors (Lipinski definition) is 5. The van der Waals surface area contributed by atoms with Gasteiger partial charge in [0, 0.05) is 25.4 Å². The van der Waals surface area contributed by atoms with E-state index in [4.69, 9.17) is 0 Å². The number of nitrogens with zero attached hydrogens (tertiary/aromatic N) is 4. The van der Waals surface area contributed by atoms with Crippen LogP contribution in [0.2, 0.25) is 0 Å². The summed E-state index contributed by atoms with van der Waals surface area (Å²) in [7, 11) is 1.88. The quantitative estimate of drug-likeness (QED) is 0.650. The highest BCUT2D eigenvalue weighted by Crippen LogP contribution is 2.24. The van der Waals surface area contributed by atoms with E-state index < -0.39 is 5.97 Å². The molecule has 0 unspecified atom stereocenters. The molecule has 0 fully saturated rings. The van der Waals surface area contributed by atoms with Crippen molar-refractivity contribution in [3.8, 4) is 0 Å². The molecule has 2 aromatic rings. The molecule has 0 aromatic carbocycles. The van der Waals surface area contributed by atoms with Gasteiger partial charge in [0.15, 0.2) is 0 Å². The molecule has 0 saturated heterocycles. The van der Waals surface area contributed by atoms with Crippen molar-refractivity contribution in [2.45, 2.75) is 31.7 Å². The number of rotatable bonds is 6. The summed E-state index contributed by atoms with van der Waals surface area (Å²) in [4.78, 5) is 20.0. The first kappa shape index (κ1) is 15.5. The predicted molar refractivity (Wildman–Crippen MR) is 80.7 cm³/mol. The minimum atomic E-state index is -0.973. The van der Waals surface area contributed by atoms with E-state index in [1.165, 1.54) is 11.8 Å². The molecule has 0 aliphatic heterocycles. The van der Waals surface area contributed by atoms with Crippen LogP contribution >= 0.6 is 11.8 Å². The maximum atomic E-state index is 11.4. The number of aryl methyl sites for hydroxylation is 4. The largest absolute Gasteiger partial charge is 0.478 e. The lowest BCUT2D eigenvalue weighted by Crippen LogP contribution is -2.09. The van der Waals surface area contributed by atoms with Crippen molar-refractivity contribution in [1.82, 2.24) is 19.7 Å². The average Bonchev–Trinajstić information content (AvgIpc) is 2.83. The molecule has 0 amide bonds. The van der Waals surface area contributed by atoms with Gasteiger partial charge in [0.1, 0.15) is 16.4 Å². The van der Waals surface area contributed by atoms with E-state index in [0.29, 0.717) is 23.0 Å². The van der Waals surface area contributed by atoms with E-state index in [0.717, 1.165) is 17.7 Å². The van der Waals surface area contributed by atoms with Gasteiger partial charge in [-0.2, -0.15) is 5.10 Å². The predicted octanol–water partition coefficient (Wildman–Crippen LogP) is 2.11. The Hall–Kier alpha value is -1.89. The van der Waals surface area contributed by atoms with Crippen LogP contribution in [-0.2, 0) is 19.9 Å². The van der Waals surface area contributed by atoms with Crippen molar-refractivity contribution in [3.63, 3.8) is 0 Å². The molecule has 2 heterocycles. The standard InChI is InChI=1S/C14H18N4O2S/c1-4-11-16-9(2)12(14(19)20)13(17-11)21-6-5-10-7-15-18(3)8-10/h7-8H,4-6H2,1-3H3,(H,19,20). The van der Waals surface area contributed by atoms with E-state index in [1.54, 1.807) is 11.6 Å². The summed E-state index contributed by atoms with van der Waals surface area (Å²) in [6.45, 7) is 3.68. The van der Waals surface area contributed by atoms with Crippen LogP contribution in [0.15, 0.2) is 17.4 Å². The maximum Gasteiger partial charge on any atom is 0.340 e. The molecule has 1 N–H and O–H groups in total. The van der Waals surface area contributed by atoms with Crippen molar-refractivity contribution in [2.24, 2.45) is 7.05 Å². The first-order valence-electron chi connectivity index (χ1n) is 6.72. The Morgan fingerprint density at radius 2 is 2.19 bits per heavy atom. The molecule has 0 aliphatic carbocycles. The van der Waals surface area contributed by atoms with E-state index in [-0.39, 0.29) is 5.56 Å². The van der Waals surface area contributed by atoms with E-state index in [2.05, 4.69) is 15.1 Å². The number of carboxylic acid groups (broad SMARTS) is 1. The Morgan fingerprint density at radius 1 is 1.43 bits per heavy atom. The van der Waals surface area contributed by atoms with Gasteiger partial charge in [0.2, 0.25) is 0 Å². The number of hydrogen-bond donors (Lipinski definition) is 1. The minimum Gasteiger partial charge on any atom is -0.478 e. The molecule has 0 spiro atoms. The van der Waals surface area contributed by atoms with Gasteiger partial charge in [-0.05, 0) is 18.9 Å². The fourth-order valence-corrected chi connectivity index (χ4v) is 3.06. The summed E-state index contributed by atoms with van der Waals surface area (Å²) in [5.74, 6) is 0.464. The second-order valence-electron chi connectivity index (χ2n) is 4.68. The first-order valence-corrected chi connectivity index (χ1v) is 7.71. The second kappa shape index (κ2) is 6.71. The fourth-order valence-electron chi connectivity index (χ4n) is 1.98. The summed E-state index contributed by atoms with van der Waals surface area (Å²) >= 11 is 1.45. The molecule has 7 heteroatoms. The van der Waals surface area contributed by atoms with E-state index >= 15 is 0 Å². The third-order valence-corrected chi connectivity index (χ3v) is 4.00. The SMILES string of the molecule is CCc1nc(C)c(C(=O)O)c(SCCc2cnn(C)c2)n1. The van der Waals surface area contributed by atoms with Crippen LogP contribution in [0.25, 0.3) is 0 Å². The Kier molecular flexibility index (Phi) is 4.95. The van der Waals surface area contributed by atoms with Crippen molar-refractivity contribution < 1.29 is 9.90 Å². The van der Waals surface area contributed by atoms with Crippen molar-refractivity contribution >= 4 is 17.7 Å². The normalized spacial score (nSPS) is 10.8. The highest BCUT2D eigenvalue weighted by Gasteiger charge is 2.17. The maximum absolute atomic E-state index is 11.4. The molecule has 0 radical (unpaired) electrons. The summed E-state index contributed by atoms with van der Waals surface area (Å²) in [6, 6.07) is 0. The zero-order chi connectivity index (χ0) is 15.4. The van der Waals surface area contributed by atoms with Gasteiger partial charge in [0.05, 0.1) is 11.9 Å². The third kappa shape index (κ3) is 3.81. The Morgan fingerprint density at radius 3 is 2.76 bits per heavy atom. The van der Waals surface area contributed by atoms with Gasteiger partial charge < -0.3 is 5.11 Å². The lowest BCUT2D eigenvalue weighted by atomic mass is 10.2. The molecular formula is C14H18N4O2S. The zero-order valence-electron chi connectivity index (χ0n) is 12.3. The van der Waals surface area contributed by atoms with Gasteiger partial charge in [0.25, 0.3) is 0 Å². The summed E-state index contributed by atoms with van der Waals surface area (Å²) in [6.07, 6.45) is 5.29. The molecule has 0 bridgehead atoms. The monoisotopic (exact) mass is 306 g/mol. The molecule has 2 aromatic heterocycles. The van der Waals surface area contributed by atoms with Gasteiger partial charge in [-0.25, -0.2) is 14.8 Å². The van der Waals surface area contributed by atoms with Crippen LogP contribution in [0.5, 0.6) is 0 Å².